The highest BCUT2D eigenvalue weighted by Crippen LogP contribution is 2.44. The first-order chi connectivity index (χ1) is 19.2. The Morgan fingerprint density at radius 2 is 1.88 bits per heavy atom. The molecule has 0 saturated heterocycles. The number of rotatable bonds is 9. The van der Waals surface area contributed by atoms with E-state index in [1.165, 1.54) is 16.6 Å². The molecule has 0 radical (unpaired) electrons. The van der Waals surface area contributed by atoms with Gasteiger partial charge in [-0.25, -0.2) is 4.98 Å². The Morgan fingerprint density at radius 3 is 2.55 bits per heavy atom. The second-order valence-electron chi connectivity index (χ2n) is 11.0. The van der Waals surface area contributed by atoms with Crippen LogP contribution >= 0.6 is 23.1 Å². The molecule has 0 saturated carbocycles. The van der Waals surface area contributed by atoms with Gasteiger partial charge in [-0.15, -0.1) is 11.3 Å². The third-order valence-corrected chi connectivity index (χ3v) is 10.2. The molecule has 0 aliphatic heterocycles. The summed E-state index contributed by atoms with van der Waals surface area (Å²) in [6.45, 7) is 7.32. The summed E-state index contributed by atoms with van der Waals surface area (Å²) in [4.78, 5) is 45.2. The van der Waals surface area contributed by atoms with Crippen molar-refractivity contribution >= 4 is 50.8 Å². The van der Waals surface area contributed by atoms with Crippen LogP contribution in [0, 0.1) is 11.3 Å². The molecule has 2 amide bonds. The normalized spacial score (nSPS) is 15.1. The van der Waals surface area contributed by atoms with E-state index in [1.807, 2.05) is 30.3 Å². The van der Waals surface area contributed by atoms with E-state index >= 15 is 0 Å². The maximum absolute atomic E-state index is 14.0. The van der Waals surface area contributed by atoms with Crippen molar-refractivity contribution in [2.75, 3.05) is 11.1 Å². The fourth-order valence-corrected chi connectivity index (χ4v) is 7.40. The van der Waals surface area contributed by atoms with Crippen molar-refractivity contribution < 1.29 is 9.59 Å². The standard InChI is InChI=1S/C31H34N4O3S2/c1-4-31(2,3)21-12-15-23-24(16-21)40-28-26(23)29(38)35(17-19-8-6-5-7-9-19)30(34-28)39-18-25(36)33-22-13-10-20(11-14-22)27(32)37/h5-11,13-14,21H,4,12,15-18H2,1-3H3,(H2,32,37)(H,33,36)/t21-/m0/s1. The Kier molecular flexibility index (Phi) is 8.14. The summed E-state index contributed by atoms with van der Waals surface area (Å²) in [5, 5.41) is 4.11. The van der Waals surface area contributed by atoms with E-state index < -0.39 is 5.91 Å². The van der Waals surface area contributed by atoms with Crippen molar-refractivity contribution in [3.63, 3.8) is 0 Å². The van der Waals surface area contributed by atoms with Gasteiger partial charge in [0, 0.05) is 16.1 Å². The maximum Gasteiger partial charge on any atom is 0.263 e. The number of carbonyl (C=O) groups is 2. The number of aromatic nitrogens is 2. The molecule has 1 aliphatic rings. The summed E-state index contributed by atoms with van der Waals surface area (Å²) < 4.78 is 1.71. The monoisotopic (exact) mass is 574 g/mol. The molecule has 208 valence electrons. The molecular formula is C31H34N4O3S2. The lowest BCUT2D eigenvalue weighted by Gasteiger charge is -2.36. The van der Waals surface area contributed by atoms with E-state index in [0.29, 0.717) is 28.9 Å². The maximum atomic E-state index is 14.0. The van der Waals surface area contributed by atoms with Gasteiger partial charge < -0.3 is 11.1 Å². The number of anilines is 1. The van der Waals surface area contributed by atoms with Gasteiger partial charge in [0.25, 0.3) is 5.56 Å². The fraction of sp³-hybridized carbons (Fsp3) is 0.355. The second kappa shape index (κ2) is 11.6. The summed E-state index contributed by atoms with van der Waals surface area (Å²) in [7, 11) is 0. The zero-order valence-electron chi connectivity index (χ0n) is 23.0. The van der Waals surface area contributed by atoms with Gasteiger partial charge in [-0.2, -0.15) is 0 Å². The summed E-state index contributed by atoms with van der Waals surface area (Å²) in [5.41, 5.74) is 8.62. The number of primary amides is 1. The lowest BCUT2D eigenvalue weighted by Crippen LogP contribution is -2.29. The Hall–Kier alpha value is -3.43. The largest absolute Gasteiger partial charge is 0.366 e. The van der Waals surface area contributed by atoms with Crippen LogP contribution in [0.1, 0.15) is 60.0 Å². The first-order valence-corrected chi connectivity index (χ1v) is 15.4. The van der Waals surface area contributed by atoms with Gasteiger partial charge >= 0.3 is 0 Å². The Morgan fingerprint density at radius 1 is 1.15 bits per heavy atom. The molecule has 1 atom stereocenters. The molecule has 7 nitrogen and oxygen atoms in total. The molecule has 1 aliphatic carbocycles. The van der Waals surface area contributed by atoms with Gasteiger partial charge in [0.15, 0.2) is 5.16 Å². The molecule has 40 heavy (non-hydrogen) atoms. The van der Waals surface area contributed by atoms with Crippen LogP contribution in [0.2, 0.25) is 0 Å². The number of amides is 2. The summed E-state index contributed by atoms with van der Waals surface area (Å²) in [6, 6.07) is 16.3. The van der Waals surface area contributed by atoms with Gasteiger partial charge in [-0.05, 0) is 66.0 Å². The zero-order chi connectivity index (χ0) is 28.4. The Balaban J connectivity index is 1.44. The number of nitrogens with two attached hydrogens (primary N) is 1. The highest BCUT2D eigenvalue weighted by molar-refractivity contribution is 7.99. The summed E-state index contributed by atoms with van der Waals surface area (Å²) >= 11 is 2.90. The molecule has 0 fully saturated rings. The van der Waals surface area contributed by atoms with E-state index in [9.17, 15) is 14.4 Å². The van der Waals surface area contributed by atoms with Crippen molar-refractivity contribution in [2.45, 2.75) is 58.2 Å². The van der Waals surface area contributed by atoms with E-state index in [2.05, 4.69) is 26.1 Å². The predicted molar refractivity (Wildman–Crippen MR) is 163 cm³/mol. The van der Waals surface area contributed by atoms with Crippen LogP contribution in [0.4, 0.5) is 5.69 Å². The Bertz CT molecular complexity index is 1610. The molecule has 4 aromatic rings. The van der Waals surface area contributed by atoms with Crippen LogP contribution in [-0.4, -0.2) is 27.1 Å². The summed E-state index contributed by atoms with van der Waals surface area (Å²) in [6.07, 6.45) is 4.08. The molecule has 0 spiro atoms. The van der Waals surface area contributed by atoms with E-state index in [0.717, 1.165) is 47.0 Å². The van der Waals surface area contributed by atoms with Gasteiger partial charge in [-0.3, -0.25) is 19.0 Å². The minimum Gasteiger partial charge on any atom is -0.366 e. The highest BCUT2D eigenvalue weighted by Gasteiger charge is 2.34. The third-order valence-electron chi connectivity index (χ3n) is 8.12. The lowest BCUT2D eigenvalue weighted by molar-refractivity contribution is -0.113. The first kappa shape index (κ1) is 28.1. The average Bonchev–Trinajstić information content (AvgIpc) is 3.32. The number of carbonyl (C=O) groups excluding carboxylic acids is 2. The van der Waals surface area contributed by atoms with Crippen molar-refractivity contribution in [3.8, 4) is 0 Å². The quantitative estimate of drug-likeness (QED) is 0.192. The van der Waals surface area contributed by atoms with Crippen LogP contribution in [0.5, 0.6) is 0 Å². The van der Waals surface area contributed by atoms with E-state index in [1.54, 1.807) is 40.2 Å². The lowest BCUT2D eigenvalue weighted by atomic mass is 9.70. The van der Waals surface area contributed by atoms with Gasteiger partial charge in [0.05, 0.1) is 17.7 Å². The van der Waals surface area contributed by atoms with Gasteiger partial charge in [0.1, 0.15) is 4.83 Å². The SMILES string of the molecule is CCC(C)(C)[C@H]1CCc2c(sc3nc(SCC(=O)Nc4ccc(C(N)=O)cc4)n(Cc4ccccc4)c(=O)c23)C1. The first-order valence-electron chi connectivity index (χ1n) is 13.6. The van der Waals surface area contributed by atoms with Crippen LogP contribution in [0.3, 0.4) is 0 Å². The molecule has 2 aromatic carbocycles. The van der Waals surface area contributed by atoms with Gasteiger partial charge in [0.2, 0.25) is 11.8 Å². The average molecular weight is 575 g/mol. The van der Waals surface area contributed by atoms with Crippen LogP contribution in [-0.2, 0) is 24.2 Å². The second-order valence-corrected chi connectivity index (χ2v) is 13.0. The van der Waals surface area contributed by atoms with Crippen LogP contribution in [0.15, 0.2) is 64.5 Å². The van der Waals surface area contributed by atoms with E-state index in [-0.39, 0.29) is 22.6 Å². The summed E-state index contributed by atoms with van der Waals surface area (Å²) in [5.74, 6) is -0.0832. The van der Waals surface area contributed by atoms with Gasteiger partial charge in [-0.1, -0.05) is 69.3 Å². The Labute approximate surface area is 242 Å². The number of aryl methyl sites for hydroxylation is 1. The molecule has 2 aromatic heterocycles. The van der Waals surface area contributed by atoms with Crippen molar-refractivity contribution in [2.24, 2.45) is 17.1 Å². The molecule has 0 unspecified atom stereocenters. The molecule has 0 bridgehead atoms. The number of thiophene rings is 1. The van der Waals surface area contributed by atoms with Crippen molar-refractivity contribution in [1.29, 1.82) is 0 Å². The molecule has 5 rings (SSSR count). The van der Waals surface area contributed by atoms with Crippen molar-refractivity contribution in [3.05, 3.63) is 86.5 Å². The molecule has 2 heterocycles. The number of benzene rings is 2. The smallest absolute Gasteiger partial charge is 0.263 e. The molecular weight excluding hydrogens is 541 g/mol. The number of thioether (sulfide) groups is 1. The highest BCUT2D eigenvalue weighted by atomic mass is 32.2. The van der Waals surface area contributed by atoms with Crippen LogP contribution in [0.25, 0.3) is 10.2 Å². The number of hydrogen-bond acceptors (Lipinski definition) is 6. The fourth-order valence-electron chi connectivity index (χ4n) is 5.26. The predicted octanol–water partition coefficient (Wildman–Crippen LogP) is 5.88. The number of hydrogen-bond donors (Lipinski definition) is 2. The number of fused-ring (bicyclic) bond motifs is 3. The molecule has 9 heteroatoms. The topological polar surface area (TPSA) is 107 Å². The minimum atomic E-state index is -0.522. The van der Waals surface area contributed by atoms with E-state index in [4.69, 9.17) is 10.7 Å². The number of nitrogens with one attached hydrogen (secondary N) is 1. The minimum absolute atomic E-state index is 0.0375. The molecule has 3 N–H and O–H groups in total. The van der Waals surface area contributed by atoms with Crippen molar-refractivity contribution in [1.82, 2.24) is 9.55 Å². The zero-order valence-corrected chi connectivity index (χ0v) is 24.7. The van der Waals surface area contributed by atoms with Crippen LogP contribution < -0.4 is 16.6 Å². The number of nitrogens with zero attached hydrogens (tertiary/aromatic N) is 2. The third kappa shape index (κ3) is 5.86.